The van der Waals surface area contributed by atoms with Gasteiger partial charge in [-0.1, -0.05) is 23.9 Å². The number of hydrogen-bond acceptors (Lipinski definition) is 4. The molecule has 0 saturated carbocycles. The second-order valence-corrected chi connectivity index (χ2v) is 8.33. The predicted octanol–water partition coefficient (Wildman–Crippen LogP) is 1.55. The van der Waals surface area contributed by atoms with Crippen LogP contribution in [0.4, 0.5) is 23.2 Å². The summed E-state index contributed by atoms with van der Waals surface area (Å²) < 4.78 is 61.7. The van der Waals surface area contributed by atoms with Gasteiger partial charge in [0.05, 0.1) is 31.0 Å². The molecule has 3 aromatic heterocycles. The SMILES string of the molecule is [CH2-]n1cc(-c2ccn(Cc3cccc(C(F)(F)F)c3F)c(=O)c2)c2cc(N3CCOCC3)cnc21.[Na+]. The molecule has 4 heterocycles. The Morgan fingerprint density at radius 1 is 1.11 bits per heavy atom. The number of alkyl halides is 3. The molecule has 1 fully saturated rings. The van der Waals surface area contributed by atoms with Crippen LogP contribution >= 0.6 is 0 Å². The fourth-order valence-corrected chi connectivity index (χ4v) is 4.29. The summed E-state index contributed by atoms with van der Waals surface area (Å²) in [6, 6.07) is 8.08. The molecule has 182 valence electrons. The van der Waals surface area contributed by atoms with E-state index in [2.05, 4.69) is 16.9 Å². The van der Waals surface area contributed by atoms with Gasteiger partial charge in [-0.05, 0) is 29.1 Å². The van der Waals surface area contributed by atoms with Gasteiger partial charge in [0.25, 0.3) is 5.56 Å². The maximum Gasteiger partial charge on any atom is 1.00 e. The van der Waals surface area contributed by atoms with Crippen molar-refractivity contribution in [1.29, 1.82) is 0 Å². The second-order valence-electron chi connectivity index (χ2n) is 8.33. The van der Waals surface area contributed by atoms with E-state index in [0.717, 1.165) is 35.8 Å². The molecular formula is C25H21F4N4NaO2. The zero-order chi connectivity index (χ0) is 24.7. The summed E-state index contributed by atoms with van der Waals surface area (Å²) in [5.74, 6) is -1.38. The maximum atomic E-state index is 14.4. The van der Waals surface area contributed by atoms with Crippen LogP contribution in [0.2, 0.25) is 0 Å². The van der Waals surface area contributed by atoms with Crippen LogP contribution in [0.25, 0.3) is 22.2 Å². The largest absolute Gasteiger partial charge is 1.00 e. The van der Waals surface area contributed by atoms with Gasteiger partial charge in [0.15, 0.2) is 0 Å². The standard InChI is InChI=1S/C25H21F4N4O2.Na/c1-31-15-20(19-12-18(13-30-24(19)31)32-7-9-35-10-8-32)16-5-6-33(22(34)11-16)14-17-3-2-4-21(23(17)26)25(27,28)29;/h2-6,11-13,15H,1,7-10,14H2;/q-1;+1. The third kappa shape index (κ3) is 5.04. The van der Waals surface area contributed by atoms with Gasteiger partial charge in [-0.15, -0.1) is 7.05 Å². The number of benzene rings is 1. The first kappa shape index (κ1) is 26.3. The molecule has 0 unspecified atom stereocenters. The Kier molecular flexibility index (Phi) is 7.51. The Labute approximate surface area is 226 Å². The predicted molar refractivity (Wildman–Crippen MR) is 124 cm³/mol. The summed E-state index contributed by atoms with van der Waals surface area (Å²) >= 11 is 0. The molecule has 1 aliphatic rings. The molecule has 0 atom stereocenters. The fraction of sp³-hybridized carbons (Fsp3) is 0.240. The van der Waals surface area contributed by atoms with Gasteiger partial charge in [-0.2, -0.15) is 13.2 Å². The number of nitrogens with zero attached hydrogens (tertiary/aromatic N) is 4. The van der Waals surface area contributed by atoms with Crippen LogP contribution in [0, 0.1) is 12.9 Å². The third-order valence-corrected chi connectivity index (χ3v) is 6.11. The minimum absolute atomic E-state index is 0. The average molecular weight is 508 g/mol. The van der Waals surface area contributed by atoms with Crippen molar-refractivity contribution in [2.24, 2.45) is 0 Å². The molecule has 11 heteroatoms. The van der Waals surface area contributed by atoms with E-state index in [1.54, 1.807) is 23.0 Å². The van der Waals surface area contributed by atoms with Crippen molar-refractivity contribution in [1.82, 2.24) is 14.1 Å². The monoisotopic (exact) mass is 508 g/mol. The Morgan fingerprint density at radius 2 is 1.86 bits per heavy atom. The number of pyridine rings is 2. The molecule has 5 rings (SSSR count). The molecule has 4 aromatic rings. The first-order valence-corrected chi connectivity index (χ1v) is 10.9. The van der Waals surface area contributed by atoms with Crippen molar-refractivity contribution in [3.63, 3.8) is 0 Å². The Bertz CT molecular complexity index is 1460. The Hall–Kier alpha value is -2.79. The Morgan fingerprint density at radius 3 is 2.56 bits per heavy atom. The van der Waals surface area contributed by atoms with Crippen molar-refractivity contribution in [2.45, 2.75) is 12.7 Å². The van der Waals surface area contributed by atoms with Crippen molar-refractivity contribution >= 4 is 16.7 Å². The van der Waals surface area contributed by atoms with Gasteiger partial charge in [0.1, 0.15) is 5.82 Å². The van der Waals surface area contributed by atoms with Crippen LogP contribution in [0.3, 0.4) is 0 Å². The van der Waals surface area contributed by atoms with E-state index in [1.807, 2.05) is 6.07 Å². The van der Waals surface area contributed by atoms with E-state index in [4.69, 9.17) is 4.74 Å². The number of fused-ring (bicyclic) bond motifs is 1. The number of aromatic nitrogens is 3. The molecular weight excluding hydrogens is 487 g/mol. The van der Waals surface area contributed by atoms with Crippen LogP contribution in [-0.2, 0) is 17.5 Å². The van der Waals surface area contributed by atoms with Crippen molar-refractivity contribution in [2.75, 3.05) is 31.2 Å². The first-order valence-electron chi connectivity index (χ1n) is 10.9. The minimum Gasteiger partial charge on any atom is -0.471 e. The first-order chi connectivity index (χ1) is 16.7. The van der Waals surface area contributed by atoms with E-state index >= 15 is 0 Å². The number of halogens is 4. The number of morpholine rings is 1. The van der Waals surface area contributed by atoms with Gasteiger partial charge in [-0.25, -0.2) is 4.39 Å². The summed E-state index contributed by atoms with van der Waals surface area (Å²) in [5.41, 5.74) is 0.876. The molecule has 0 radical (unpaired) electrons. The average Bonchev–Trinajstić information content (AvgIpc) is 3.17. The smallest absolute Gasteiger partial charge is 0.471 e. The number of hydrogen-bond donors (Lipinski definition) is 0. The van der Waals surface area contributed by atoms with Gasteiger partial charge in [-0.3, -0.25) is 4.79 Å². The summed E-state index contributed by atoms with van der Waals surface area (Å²) in [7, 11) is 3.97. The second kappa shape index (κ2) is 10.3. The van der Waals surface area contributed by atoms with Gasteiger partial charge in [0, 0.05) is 42.8 Å². The molecule has 1 aromatic carbocycles. The van der Waals surface area contributed by atoms with E-state index in [-0.39, 0.29) is 41.7 Å². The zero-order valence-electron chi connectivity index (χ0n) is 19.6. The molecule has 0 bridgehead atoms. The molecule has 1 aliphatic heterocycles. The van der Waals surface area contributed by atoms with Crippen molar-refractivity contribution < 1.29 is 51.9 Å². The van der Waals surface area contributed by atoms with E-state index in [1.165, 1.54) is 22.9 Å². The van der Waals surface area contributed by atoms with Crippen molar-refractivity contribution in [3.8, 4) is 11.1 Å². The normalized spacial score (nSPS) is 14.2. The topological polar surface area (TPSA) is 52.3 Å². The van der Waals surface area contributed by atoms with Gasteiger partial charge in [0.2, 0.25) is 0 Å². The van der Waals surface area contributed by atoms with Crippen LogP contribution in [0.1, 0.15) is 11.1 Å². The molecule has 0 N–H and O–H groups in total. The zero-order valence-corrected chi connectivity index (χ0v) is 21.6. The van der Waals surface area contributed by atoms with E-state index < -0.39 is 23.1 Å². The van der Waals surface area contributed by atoms with Crippen LogP contribution in [-0.4, -0.2) is 40.4 Å². The number of ether oxygens (including phenoxy) is 1. The molecule has 6 nitrogen and oxygen atoms in total. The number of rotatable bonds is 4. The van der Waals surface area contributed by atoms with Crippen LogP contribution in [0.15, 0.2) is 59.8 Å². The molecule has 36 heavy (non-hydrogen) atoms. The Balaban J connectivity index is 0.00000304. The van der Waals surface area contributed by atoms with Crippen LogP contribution < -0.4 is 40.0 Å². The molecule has 1 saturated heterocycles. The van der Waals surface area contributed by atoms with Crippen molar-refractivity contribution in [3.05, 3.63) is 89.3 Å². The summed E-state index contributed by atoms with van der Waals surface area (Å²) in [5, 5.41) is 0.810. The summed E-state index contributed by atoms with van der Waals surface area (Å²) in [6.07, 6.45) is 0.182. The number of anilines is 1. The van der Waals surface area contributed by atoms with Crippen LogP contribution in [0.5, 0.6) is 0 Å². The minimum atomic E-state index is -4.81. The fourth-order valence-electron chi connectivity index (χ4n) is 4.29. The third-order valence-electron chi connectivity index (χ3n) is 6.11. The summed E-state index contributed by atoms with van der Waals surface area (Å²) in [6.45, 7) is 2.43. The van der Waals surface area contributed by atoms with Gasteiger partial charge >= 0.3 is 35.7 Å². The maximum absolute atomic E-state index is 14.4. The molecule has 0 amide bonds. The van der Waals surface area contributed by atoms with E-state index in [0.29, 0.717) is 30.5 Å². The molecule has 0 aliphatic carbocycles. The quantitative estimate of drug-likeness (QED) is 0.239. The molecule has 0 spiro atoms. The summed E-state index contributed by atoms with van der Waals surface area (Å²) in [4.78, 5) is 19.5. The van der Waals surface area contributed by atoms with Gasteiger partial charge < -0.3 is 23.8 Å². The van der Waals surface area contributed by atoms with E-state index in [9.17, 15) is 22.4 Å².